The molecular formula is C15H23BrN2. The van der Waals surface area contributed by atoms with Gasteiger partial charge in [0.15, 0.2) is 0 Å². The number of aryl methyl sites for hydroxylation is 1. The molecule has 18 heavy (non-hydrogen) atoms. The van der Waals surface area contributed by atoms with Gasteiger partial charge in [0, 0.05) is 24.1 Å². The van der Waals surface area contributed by atoms with Crippen LogP contribution in [0.1, 0.15) is 24.0 Å². The van der Waals surface area contributed by atoms with Crippen LogP contribution in [0.4, 0.5) is 5.69 Å². The Morgan fingerprint density at radius 3 is 2.56 bits per heavy atom. The molecule has 1 aromatic carbocycles. The zero-order chi connectivity index (χ0) is 13.1. The van der Waals surface area contributed by atoms with E-state index in [0.717, 1.165) is 5.33 Å². The van der Waals surface area contributed by atoms with Crippen LogP contribution in [0.3, 0.4) is 0 Å². The van der Waals surface area contributed by atoms with E-state index in [-0.39, 0.29) is 0 Å². The molecule has 0 spiro atoms. The van der Waals surface area contributed by atoms with E-state index < -0.39 is 0 Å². The fourth-order valence-corrected chi connectivity index (χ4v) is 3.12. The number of anilines is 1. The minimum atomic E-state index is 0.690. The third-order valence-corrected chi connectivity index (χ3v) is 4.68. The third kappa shape index (κ3) is 3.07. The fraction of sp³-hybridized carbons (Fsp3) is 0.600. The summed E-state index contributed by atoms with van der Waals surface area (Å²) < 4.78 is 0. The smallest absolute Gasteiger partial charge is 0.0396 e. The highest BCUT2D eigenvalue weighted by Crippen LogP contribution is 2.26. The maximum atomic E-state index is 3.52. The first-order valence-electron chi connectivity index (χ1n) is 6.68. The number of piperidine rings is 1. The monoisotopic (exact) mass is 310 g/mol. The maximum absolute atomic E-state index is 3.52. The number of hydrogen-bond donors (Lipinski definition) is 0. The Morgan fingerprint density at radius 2 is 2.00 bits per heavy atom. The van der Waals surface area contributed by atoms with E-state index >= 15 is 0 Å². The average Bonchev–Trinajstić information content (AvgIpc) is 2.38. The largest absolute Gasteiger partial charge is 0.371 e. The number of nitrogens with zero attached hydrogens (tertiary/aromatic N) is 2. The molecule has 2 rings (SSSR count). The standard InChI is InChI=1S/C15H23BrN2/c1-12-10-13(11-16)4-5-15(12)18(3)14-6-8-17(2)9-7-14/h4-5,10,14H,6-9,11H2,1-3H3. The van der Waals surface area contributed by atoms with Crippen LogP contribution in [0, 0.1) is 6.92 Å². The van der Waals surface area contributed by atoms with Crippen molar-refractivity contribution in [3.63, 3.8) is 0 Å². The molecule has 0 unspecified atom stereocenters. The van der Waals surface area contributed by atoms with Gasteiger partial charge in [0.25, 0.3) is 0 Å². The number of benzene rings is 1. The zero-order valence-electron chi connectivity index (χ0n) is 11.6. The van der Waals surface area contributed by atoms with Crippen molar-refractivity contribution in [2.75, 3.05) is 32.1 Å². The molecule has 0 aliphatic carbocycles. The molecule has 3 heteroatoms. The molecule has 1 saturated heterocycles. The minimum absolute atomic E-state index is 0.690. The van der Waals surface area contributed by atoms with Crippen molar-refractivity contribution in [2.45, 2.75) is 31.1 Å². The molecule has 0 amide bonds. The molecule has 0 saturated carbocycles. The summed E-state index contributed by atoms with van der Waals surface area (Å²) in [5.41, 5.74) is 4.12. The van der Waals surface area contributed by atoms with Gasteiger partial charge >= 0.3 is 0 Å². The summed E-state index contributed by atoms with van der Waals surface area (Å²) in [6.07, 6.45) is 2.54. The normalized spacial score (nSPS) is 18.0. The first-order valence-corrected chi connectivity index (χ1v) is 7.81. The molecule has 1 heterocycles. The van der Waals surface area contributed by atoms with Crippen LogP contribution in [0.2, 0.25) is 0 Å². The summed E-state index contributed by atoms with van der Waals surface area (Å²) in [6, 6.07) is 7.47. The molecule has 0 N–H and O–H groups in total. The second kappa shape index (κ2) is 6.07. The Balaban J connectivity index is 2.11. The maximum Gasteiger partial charge on any atom is 0.0396 e. The van der Waals surface area contributed by atoms with E-state index in [4.69, 9.17) is 0 Å². The van der Waals surface area contributed by atoms with Crippen molar-refractivity contribution in [3.05, 3.63) is 29.3 Å². The Bertz CT molecular complexity index is 397. The predicted octanol–water partition coefficient (Wildman–Crippen LogP) is 3.42. The van der Waals surface area contributed by atoms with Crippen LogP contribution in [0.5, 0.6) is 0 Å². The topological polar surface area (TPSA) is 6.48 Å². The van der Waals surface area contributed by atoms with Crippen molar-refractivity contribution in [1.82, 2.24) is 4.90 Å². The van der Waals surface area contributed by atoms with Gasteiger partial charge in [-0.1, -0.05) is 28.1 Å². The first-order chi connectivity index (χ1) is 8.61. The van der Waals surface area contributed by atoms with E-state index in [9.17, 15) is 0 Å². The zero-order valence-corrected chi connectivity index (χ0v) is 13.2. The highest BCUT2D eigenvalue weighted by molar-refractivity contribution is 9.08. The molecule has 1 aliphatic heterocycles. The average molecular weight is 311 g/mol. The number of alkyl halides is 1. The van der Waals surface area contributed by atoms with E-state index in [0.29, 0.717) is 6.04 Å². The van der Waals surface area contributed by atoms with Gasteiger partial charge in [-0.2, -0.15) is 0 Å². The summed E-state index contributed by atoms with van der Waals surface area (Å²) in [7, 11) is 4.46. The van der Waals surface area contributed by atoms with Crippen LogP contribution in [-0.2, 0) is 5.33 Å². The van der Waals surface area contributed by atoms with E-state index in [1.165, 1.54) is 42.7 Å². The summed E-state index contributed by atoms with van der Waals surface area (Å²) in [6.45, 7) is 4.65. The lowest BCUT2D eigenvalue weighted by molar-refractivity contribution is 0.253. The summed E-state index contributed by atoms with van der Waals surface area (Å²) >= 11 is 3.52. The summed E-state index contributed by atoms with van der Waals surface area (Å²) in [5.74, 6) is 0. The molecule has 100 valence electrons. The second-order valence-corrected chi connectivity index (χ2v) is 5.96. The van der Waals surface area contributed by atoms with E-state index in [1.54, 1.807) is 0 Å². The number of halogens is 1. The number of rotatable bonds is 3. The molecule has 1 fully saturated rings. The van der Waals surface area contributed by atoms with Crippen molar-refractivity contribution in [1.29, 1.82) is 0 Å². The summed E-state index contributed by atoms with van der Waals surface area (Å²) in [5, 5.41) is 0.937. The Kier molecular flexibility index (Phi) is 4.68. The molecule has 0 atom stereocenters. The van der Waals surface area contributed by atoms with Gasteiger partial charge in [0.2, 0.25) is 0 Å². The van der Waals surface area contributed by atoms with Crippen LogP contribution >= 0.6 is 15.9 Å². The van der Waals surface area contributed by atoms with Crippen molar-refractivity contribution in [2.24, 2.45) is 0 Å². The first kappa shape index (κ1) is 13.9. The SMILES string of the molecule is Cc1cc(CBr)ccc1N(C)C1CCN(C)CC1. The van der Waals surface area contributed by atoms with Gasteiger partial charge in [-0.3, -0.25) is 0 Å². The molecule has 0 bridgehead atoms. The molecule has 2 nitrogen and oxygen atoms in total. The van der Waals surface area contributed by atoms with Crippen LogP contribution in [0.25, 0.3) is 0 Å². The van der Waals surface area contributed by atoms with Gasteiger partial charge in [0.1, 0.15) is 0 Å². The highest BCUT2D eigenvalue weighted by atomic mass is 79.9. The van der Waals surface area contributed by atoms with Crippen molar-refractivity contribution >= 4 is 21.6 Å². The van der Waals surface area contributed by atoms with Crippen LogP contribution < -0.4 is 4.90 Å². The lowest BCUT2D eigenvalue weighted by Gasteiger charge is -2.37. The minimum Gasteiger partial charge on any atom is -0.371 e. The van der Waals surface area contributed by atoms with E-state index in [1.807, 2.05) is 0 Å². The van der Waals surface area contributed by atoms with Gasteiger partial charge in [-0.25, -0.2) is 0 Å². The quantitative estimate of drug-likeness (QED) is 0.789. The summed E-state index contributed by atoms with van der Waals surface area (Å²) in [4.78, 5) is 4.89. The molecular weight excluding hydrogens is 288 g/mol. The Morgan fingerprint density at radius 1 is 1.33 bits per heavy atom. The van der Waals surface area contributed by atoms with Gasteiger partial charge in [0.05, 0.1) is 0 Å². The van der Waals surface area contributed by atoms with Crippen LogP contribution in [0.15, 0.2) is 18.2 Å². The molecule has 0 radical (unpaired) electrons. The second-order valence-electron chi connectivity index (χ2n) is 5.40. The van der Waals surface area contributed by atoms with Gasteiger partial charge < -0.3 is 9.80 Å². The number of likely N-dealkylation sites (tertiary alicyclic amines) is 1. The van der Waals surface area contributed by atoms with Gasteiger partial charge in [-0.05, 0) is 57.1 Å². The molecule has 0 aromatic heterocycles. The highest BCUT2D eigenvalue weighted by Gasteiger charge is 2.21. The molecule has 1 aliphatic rings. The lowest BCUT2D eigenvalue weighted by Crippen LogP contribution is -2.42. The molecule has 1 aromatic rings. The fourth-order valence-electron chi connectivity index (χ4n) is 2.78. The van der Waals surface area contributed by atoms with Crippen LogP contribution in [-0.4, -0.2) is 38.1 Å². The van der Waals surface area contributed by atoms with Gasteiger partial charge in [-0.15, -0.1) is 0 Å². The number of hydrogen-bond acceptors (Lipinski definition) is 2. The van der Waals surface area contributed by atoms with Crippen molar-refractivity contribution < 1.29 is 0 Å². The van der Waals surface area contributed by atoms with Crippen molar-refractivity contribution in [3.8, 4) is 0 Å². The Hall–Kier alpha value is -0.540. The predicted molar refractivity (Wildman–Crippen MR) is 82.7 cm³/mol. The van der Waals surface area contributed by atoms with E-state index in [2.05, 4.69) is 64.9 Å². The Labute approximate surface area is 119 Å². The lowest BCUT2D eigenvalue weighted by atomic mass is 10.0. The third-order valence-electron chi connectivity index (χ3n) is 4.03.